The summed E-state index contributed by atoms with van der Waals surface area (Å²) in [4.78, 5) is 39.1. The number of hydrogen-bond donors (Lipinski definition) is 2. The third-order valence-electron chi connectivity index (χ3n) is 6.62. The molecule has 0 bridgehead atoms. The zero-order chi connectivity index (χ0) is 24.1. The molecule has 2 atom stereocenters. The lowest BCUT2D eigenvalue weighted by molar-refractivity contribution is -0.152. The van der Waals surface area contributed by atoms with Crippen molar-refractivity contribution in [2.45, 2.75) is 43.7 Å². The molecule has 1 heterocycles. The molecule has 2 aromatic carbocycles. The molecular weight excluding hydrogens is 452 g/mol. The fourth-order valence-electron chi connectivity index (χ4n) is 4.93. The van der Waals surface area contributed by atoms with Crippen LogP contribution in [0.2, 0.25) is 0 Å². The highest BCUT2D eigenvalue weighted by Gasteiger charge is 2.36. The summed E-state index contributed by atoms with van der Waals surface area (Å²) in [5, 5.41) is 12.3. The number of likely N-dealkylation sites (tertiary alicyclic amines) is 1. The van der Waals surface area contributed by atoms with Gasteiger partial charge in [0.2, 0.25) is 5.91 Å². The summed E-state index contributed by atoms with van der Waals surface area (Å²) in [6, 6.07) is 14.5. The molecule has 0 radical (unpaired) electrons. The normalized spacial score (nSPS) is 18.0. The van der Waals surface area contributed by atoms with E-state index in [9.17, 15) is 19.5 Å². The molecule has 2 aromatic rings. The first-order valence-electron chi connectivity index (χ1n) is 11.6. The van der Waals surface area contributed by atoms with E-state index in [1.807, 2.05) is 30.5 Å². The molecule has 7 nitrogen and oxygen atoms in total. The van der Waals surface area contributed by atoms with Gasteiger partial charge in [0.15, 0.2) is 0 Å². The van der Waals surface area contributed by atoms with Gasteiger partial charge in [0, 0.05) is 12.5 Å². The standard InChI is InChI=1S/C26H30N2O5S/c1-34-15-13-22(24(29)28-14-7-6-12-23(28)25(30)31)27-26(32)33-16-21-19-10-4-2-8-17(19)18-9-3-5-11-20(18)21/h2-5,8-11,21-23H,6-7,12-16H2,1H3,(H,27,32)(H,30,31)/t22-,23+/m1/s1. The van der Waals surface area contributed by atoms with Crippen LogP contribution < -0.4 is 5.32 Å². The van der Waals surface area contributed by atoms with Gasteiger partial charge in [-0.2, -0.15) is 11.8 Å². The van der Waals surface area contributed by atoms with Gasteiger partial charge in [-0.1, -0.05) is 48.5 Å². The van der Waals surface area contributed by atoms with Crippen LogP contribution in [0.5, 0.6) is 0 Å². The molecular formula is C26H30N2O5S. The van der Waals surface area contributed by atoms with E-state index in [4.69, 9.17) is 4.74 Å². The number of thioether (sulfide) groups is 1. The molecule has 0 spiro atoms. The van der Waals surface area contributed by atoms with Gasteiger partial charge in [0.25, 0.3) is 0 Å². The van der Waals surface area contributed by atoms with Crippen LogP contribution in [0.3, 0.4) is 0 Å². The minimum absolute atomic E-state index is 0.0722. The maximum atomic E-state index is 13.2. The Kier molecular flexibility index (Phi) is 7.77. The van der Waals surface area contributed by atoms with E-state index in [0.717, 1.165) is 35.1 Å². The largest absolute Gasteiger partial charge is 0.480 e. The molecule has 2 aliphatic rings. The topological polar surface area (TPSA) is 95.9 Å². The molecule has 1 fully saturated rings. The van der Waals surface area contributed by atoms with E-state index >= 15 is 0 Å². The Balaban J connectivity index is 1.44. The smallest absolute Gasteiger partial charge is 0.407 e. The van der Waals surface area contributed by atoms with Crippen molar-refractivity contribution >= 4 is 29.7 Å². The molecule has 0 saturated carbocycles. The second-order valence-electron chi connectivity index (χ2n) is 8.69. The molecule has 34 heavy (non-hydrogen) atoms. The van der Waals surface area contributed by atoms with Crippen LogP contribution in [0, 0.1) is 0 Å². The highest BCUT2D eigenvalue weighted by Crippen LogP contribution is 2.44. The maximum Gasteiger partial charge on any atom is 0.407 e. The summed E-state index contributed by atoms with van der Waals surface area (Å²) >= 11 is 1.57. The van der Waals surface area contributed by atoms with E-state index < -0.39 is 24.1 Å². The summed E-state index contributed by atoms with van der Waals surface area (Å²) in [5.41, 5.74) is 4.52. The summed E-state index contributed by atoms with van der Waals surface area (Å²) in [6.07, 6.45) is 3.64. The third-order valence-corrected chi connectivity index (χ3v) is 7.26. The van der Waals surface area contributed by atoms with Crippen LogP contribution in [0.1, 0.15) is 42.7 Å². The minimum atomic E-state index is -1.00. The SMILES string of the molecule is CSCC[C@@H](NC(=O)OCC1c2ccccc2-c2ccccc21)C(=O)N1CCCC[C@H]1C(=O)O. The summed E-state index contributed by atoms with van der Waals surface area (Å²) in [5.74, 6) is -0.768. The van der Waals surface area contributed by atoms with E-state index in [2.05, 4.69) is 29.6 Å². The van der Waals surface area contributed by atoms with E-state index in [1.54, 1.807) is 11.8 Å². The number of benzene rings is 2. The second kappa shape index (κ2) is 11.0. The first-order chi connectivity index (χ1) is 16.5. The average molecular weight is 483 g/mol. The van der Waals surface area contributed by atoms with E-state index in [-0.39, 0.29) is 18.4 Å². The average Bonchev–Trinajstić information content (AvgIpc) is 3.18. The molecule has 180 valence electrons. The van der Waals surface area contributed by atoms with Crippen LogP contribution in [0.15, 0.2) is 48.5 Å². The van der Waals surface area contributed by atoms with Gasteiger partial charge in [0.05, 0.1) is 0 Å². The van der Waals surface area contributed by atoms with Crippen molar-refractivity contribution in [3.63, 3.8) is 0 Å². The van der Waals surface area contributed by atoms with Crippen LogP contribution in [0.4, 0.5) is 4.79 Å². The zero-order valence-electron chi connectivity index (χ0n) is 19.2. The van der Waals surface area contributed by atoms with Crippen molar-refractivity contribution in [3.8, 4) is 11.1 Å². The predicted octanol–water partition coefficient (Wildman–Crippen LogP) is 4.11. The molecule has 0 aromatic heterocycles. The van der Waals surface area contributed by atoms with Crippen LogP contribution >= 0.6 is 11.8 Å². The van der Waals surface area contributed by atoms with Crippen molar-refractivity contribution < 1.29 is 24.2 Å². The molecule has 2 N–H and O–H groups in total. The second-order valence-corrected chi connectivity index (χ2v) is 9.67. The van der Waals surface area contributed by atoms with Crippen molar-refractivity contribution in [1.82, 2.24) is 10.2 Å². The lowest BCUT2D eigenvalue weighted by Crippen LogP contribution is -2.55. The number of piperidine rings is 1. The minimum Gasteiger partial charge on any atom is -0.480 e. The van der Waals surface area contributed by atoms with E-state index in [1.165, 1.54) is 4.90 Å². The Morgan fingerprint density at radius 1 is 1.09 bits per heavy atom. The number of carboxylic acids is 1. The van der Waals surface area contributed by atoms with Gasteiger partial charge < -0.3 is 20.1 Å². The van der Waals surface area contributed by atoms with Gasteiger partial charge in [0.1, 0.15) is 18.7 Å². The lowest BCUT2D eigenvalue weighted by Gasteiger charge is -2.35. The van der Waals surface area contributed by atoms with Crippen molar-refractivity contribution in [3.05, 3.63) is 59.7 Å². The van der Waals surface area contributed by atoms with E-state index in [0.29, 0.717) is 25.1 Å². The van der Waals surface area contributed by atoms with Gasteiger partial charge in [-0.3, -0.25) is 4.79 Å². The number of rotatable bonds is 8. The zero-order valence-corrected chi connectivity index (χ0v) is 20.1. The van der Waals surface area contributed by atoms with Crippen LogP contribution in [0.25, 0.3) is 11.1 Å². The number of aliphatic carboxylic acids is 1. The maximum absolute atomic E-state index is 13.2. The summed E-state index contributed by atoms with van der Waals surface area (Å²) in [7, 11) is 0. The number of carbonyl (C=O) groups is 3. The quantitative estimate of drug-likeness (QED) is 0.588. The van der Waals surface area contributed by atoms with Crippen molar-refractivity contribution in [2.75, 3.05) is 25.2 Å². The Hall–Kier alpha value is -3.00. The fourth-order valence-corrected chi connectivity index (χ4v) is 5.40. The number of carbonyl (C=O) groups excluding carboxylic acids is 2. The number of nitrogens with one attached hydrogen (secondary N) is 1. The first-order valence-corrected chi connectivity index (χ1v) is 13.0. The third kappa shape index (κ3) is 5.06. The monoisotopic (exact) mass is 482 g/mol. The van der Waals surface area contributed by atoms with Crippen molar-refractivity contribution in [1.29, 1.82) is 0 Å². The summed E-state index contributed by atoms with van der Waals surface area (Å²) < 4.78 is 5.62. The number of alkyl carbamates (subject to hydrolysis) is 1. The predicted molar refractivity (Wildman–Crippen MR) is 132 cm³/mol. The number of carboxylic acid groups (broad SMARTS) is 1. The molecule has 4 rings (SSSR count). The fraction of sp³-hybridized carbons (Fsp3) is 0.423. The van der Waals surface area contributed by atoms with Crippen LogP contribution in [-0.2, 0) is 14.3 Å². The first kappa shape index (κ1) is 24.1. The Bertz CT molecular complexity index is 1010. The summed E-state index contributed by atoms with van der Waals surface area (Å²) in [6.45, 7) is 0.544. The van der Waals surface area contributed by atoms with Gasteiger partial charge in [-0.15, -0.1) is 0 Å². The van der Waals surface area contributed by atoms with Crippen LogP contribution in [-0.4, -0.2) is 65.2 Å². The molecule has 8 heteroatoms. The lowest BCUT2D eigenvalue weighted by atomic mass is 9.98. The highest BCUT2D eigenvalue weighted by molar-refractivity contribution is 7.98. The Morgan fingerprint density at radius 2 is 1.74 bits per heavy atom. The number of ether oxygens (including phenoxy) is 1. The number of amides is 2. The van der Waals surface area contributed by atoms with Gasteiger partial charge >= 0.3 is 12.1 Å². The van der Waals surface area contributed by atoms with Gasteiger partial charge in [-0.05, 0) is 59.9 Å². The molecule has 0 unspecified atom stereocenters. The molecule has 1 aliphatic heterocycles. The Morgan fingerprint density at radius 3 is 2.35 bits per heavy atom. The van der Waals surface area contributed by atoms with Crippen molar-refractivity contribution in [2.24, 2.45) is 0 Å². The number of hydrogen-bond acceptors (Lipinski definition) is 5. The molecule has 2 amide bonds. The Labute approximate surface area is 203 Å². The molecule has 1 saturated heterocycles. The molecule has 1 aliphatic carbocycles. The van der Waals surface area contributed by atoms with Gasteiger partial charge in [-0.25, -0.2) is 9.59 Å². The number of nitrogens with zero attached hydrogens (tertiary/aromatic N) is 1. The highest BCUT2D eigenvalue weighted by atomic mass is 32.2. The number of fused-ring (bicyclic) bond motifs is 3.